The number of para-hydroxylation sites is 2. The summed E-state index contributed by atoms with van der Waals surface area (Å²) in [6, 6.07) is 20.5. The molecule has 0 spiro atoms. The number of benzene rings is 2. The normalized spacial score (nSPS) is 13.2. The second-order valence-corrected chi connectivity index (χ2v) is 8.42. The Kier molecular flexibility index (Phi) is 8.75. The summed E-state index contributed by atoms with van der Waals surface area (Å²) in [7, 11) is 0. The highest BCUT2D eigenvalue weighted by Gasteiger charge is 2.22. The van der Waals surface area contributed by atoms with Crippen LogP contribution >= 0.6 is 0 Å². The second kappa shape index (κ2) is 12.6. The van der Waals surface area contributed by atoms with Gasteiger partial charge in [0, 0.05) is 32.6 Å². The van der Waals surface area contributed by atoms with Crippen molar-refractivity contribution < 1.29 is 19.1 Å². The fourth-order valence-electron chi connectivity index (χ4n) is 4.05. The number of amides is 2. The molecule has 0 radical (unpaired) electrons. The first kappa shape index (κ1) is 25.0. The van der Waals surface area contributed by atoms with Crippen LogP contribution in [0.15, 0.2) is 72.9 Å². The molecule has 2 heterocycles. The Labute approximate surface area is 211 Å². The van der Waals surface area contributed by atoms with E-state index in [0.717, 1.165) is 11.6 Å². The lowest BCUT2D eigenvalue weighted by Gasteiger charge is -2.35. The summed E-state index contributed by atoms with van der Waals surface area (Å²) in [6.45, 7) is 5.65. The van der Waals surface area contributed by atoms with E-state index in [1.54, 1.807) is 18.3 Å². The number of piperazine rings is 1. The van der Waals surface area contributed by atoms with Gasteiger partial charge in [-0.25, -0.2) is 4.98 Å². The third-order valence-electron chi connectivity index (χ3n) is 5.94. The van der Waals surface area contributed by atoms with Gasteiger partial charge in [0.2, 0.25) is 5.91 Å². The van der Waals surface area contributed by atoms with Crippen LogP contribution in [0.1, 0.15) is 30.1 Å². The number of aromatic nitrogens is 1. The van der Waals surface area contributed by atoms with Crippen LogP contribution in [0.25, 0.3) is 0 Å². The van der Waals surface area contributed by atoms with Crippen molar-refractivity contribution >= 4 is 23.3 Å². The standard InChI is InChI=1S/C28H32N4O4/c1-2-35-25-12-7-6-11-24(25)28(34)30-22-14-15-26(29-21-22)31-16-18-32(19-17-31)27(33)13-8-20-36-23-9-4-3-5-10-23/h3-7,9-12,14-15,21H,2,8,13,16-20H2,1H3,(H,30,34). The van der Waals surface area contributed by atoms with Crippen LogP contribution in [-0.2, 0) is 4.79 Å². The largest absolute Gasteiger partial charge is 0.494 e. The van der Waals surface area contributed by atoms with E-state index in [9.17, 15) is 9.59 Å². The first-order chi connectivity index (χ1) is 17.6. The van der Waals surface area contributed by atoms with Gasteiger partial charge in [-0.3, -0.25) is 9.59 Å². The predicted octanol–water partition coefficient (Wildman–Crippen LogP) is 4.24. The number of ether oxygens (including phenoxy) is 2. The maximum absolute atomic E-state index is 12.7. The number of nitrogens with zero attached hydrogens (tertiary/aromatic N) is 3. The van der Waals surface area contributed by atoms with Crippen molar-refractivity contribution in [2.75, 3.05) is 49.6 Å². The van der Waals surface area contributed by atoms with Gasteiger partial charge in [-0.05, 0) is 49.7 Å². The molecule has 4 rings (SSSR count). The third-order valence-corrected chi connectivity index (χ3v) is 5.94. The zero-order chi connectivity index (χ0) is 25.2. The first-order valence-corrected chi connectivity index (χ1v) is 12.3. The Morgan fingerprint density at radius 1 is 0.917 bits per heavy atom. The van der Waals surface area contributed by atoms with E-state index in [2.05, 4.69) is 15.2 Å². The molecule has 1 aliphatic heterocycles. The number of pyridine rings is 1. The zero-order valence-electron chi connectivity index (χ0n) is 20.6. The van der Waals surface area contributed by atoms with Gasteiger partial charge in [0.25, 0.3) is 5.91 Å². The zero-order valence-corrected chi connectivity index (χ0v) is 20.6. The monoisotopic (exact) mass is 488 g/mol. The predicted molar refractivity (Wildman–Crippen MR) is 140 cm³/mol. The Balaban J connectivity index is 1.21. The molecule has 0 aliphatic carbocycles. The fourth-order valence-corrected chi connectivity index (χ4v) is 4.05. The lowest BCUT2D eigenvalue weighted by atomic mass is 10.2. The lowest BCUT2D eigenvalue weighted by Crippen LogP contribution is -2.49. The second-order valence-electron chi connectivity index (χ2n) is 8.42. The molecule has 0 unspecified atom stereocenters. The average molecular weight is 489 g/mol. The molecule has 1 fully saturated rings. The van der Waals surface area contributed by atoms with Crippen LogP contribution in [0, 0.1) is 0 Å². The Bertz CT molecular complexity index is 1130. The number of anilines is 2. The van der Waals surface area contributed by atoms with Gasteiger partial charge < -0.3 is 24.6 Å². The van der Waals surface area contributed by atoms with Gasteiger partial charge in [0.05, 0.1) is 30.7 Å². The molecular weight excluding hydrogens is 456 g/mol. The molecule has 0 atom stereocenters. The molecule has 188 valence electrons. The molecule has 3 aromatic rings. The highest BCUT2D eigenvalue weighted by atomic mass is 16.5. The summed E-state index contributed by atoms with van der Waals surface area (Å²) in [5.41, 5.74) is 1.09. The molecule has 2 aromatic carbocycles. The Morgan fingerprint density at radius 3 is 2.39 bits per heavy atom. The quantitative estimate of drug-likeness (QED) is 0.430. The van der Waals surface area contributed by atoms with Crippen LogP contribution in [0.3, 0.4) is 0 Å². The van der Waals surface area contributed by atoms with Crippen molar-refractivity contribution in [1.82, 2.24) is 9.88 Å². The smallest absolute Gasteiger partial charge is 0.259 e. The Morgan fingerprint density at radius 2 is 1.67 bits per heavy atom. The fraction of sp³-hybridized carbons (Fsp3) is 0.321. The van der Waals surface area contributed by atoms with Crippen LogP contribution in [0.4, 0.5) is 11.5 Å². The average Bonchev–Trinajstić information content (AvgIpc) is 2.92. The number of hydrogen-bond donors (Lipinski definition) is 1. The highest BCUT2D eigenvalue weighted by molar-refractivity contribution is 6.06. The highest BCUT2D eigenvalue weighted by Crippen LogP contribution is 2.21. The van der Waals surface area contributed by atoms with Gasteiger partial charge in [-0.1, -0.05) is 30.3 Å². The molecule has 8 nitrogen and oxygen atoms in total. The van der Waals surface area contributed by atoms with Crippen molar-refractivity contribution in [3.05, 3.63) is 78.5 Å². The summed E-state index contributed by atoms with van der Waals surface area (Å²) in [5.74, 6) is 2.12. The number of hydrogen-bond acceptors (Lipinski definition) is 6. The van der Waals surface area contributed by atoms with Gasteiger partial charge in [0.1, 0.15) is 17.3 Å². The molecule has 2 amide bonds. The summed E-state index contributed by atoms with van der Waals surface area (Å²) < 4.78 is 11.2. The van der Waals surface area contributed by atoms with Crippen LogP contribution in [0.2, 0.25) is 0 Å². The summed E-state index contributed by atoms with van der Waals surface area (Å²) in [5, 5.41) is 2.88. The van der Waals surface area contributed by atoms with Crippen LogP contribution < -0.4 is 19.7 Å². The minimum atomic E-state index is -0.241. The van der Waals surface area contributed by atoms with Crippen LogP contribution in [-0.4, -0.2) is 61.1 Å². The maximum Gasteiger partial charge on any atom is 0.259 e. The SMILES string of the molecule is CCOc1ccccc1C(=O)Nc1ccc(N2CCN(C(=O)CCCOc3ccccc3)CC2)nc1. The molecule has 1 aliphatic rings. The summed E-state index contributed by atoms with van der Waals surface area (Å²) in [4.78, 5) is 33.8. The lowest BCUT2D eigenvalue weighted by molar-refractivity contribution is -0.131. The van der Waals surface area contributed by atoms with E-state index in [0.29, 0.717) is 69.2 Å². The minimum Gasteiger partial charge on any atom is -0.494 e. The van der Waals surface area contributed by atoms with E-state index < -0.39 is 0 Å². The van der Waals surface area contributed by atoms with Crippen LogP contribution in [0.5, 0.6) is 11.5 Å². The topological polar surface area (TPSA) is 84.0 Å². The summed E-state index contributed by atoms with van der Waals surface area (Å²) >= 11 is 0. The van der Waals surface area contributed by atoms with Gasteiger partial charge in [0.15, 0.2) is 0 Å². The van der Waals surface area contributed by atoms with Gasteiger partial charge >= 0.3 is 0 Å². The van der Waals surface area contributed by atoms with Crippen molar-refractivity contribution in [1.29, 1.82) is 0 Å². The molecule has 0 bridgehead atoms. The first-order valence-electron chi connectivity index (χ1n) is 12.3. The minimum absolute atomic E-state index is 0.157. The molecule has 8 heteroatoms. The molecule has 1 N–H and O–H groups in total. The van der Waals surface area contributed by atoms with E-state index in [4.69, 9.17) is 9.47 Å². The third kappa shape index (κ3) is 6.75. The Hall–Kier alpha value is -4.07. The van der Waals surface area contributed by atoms with E-state index >= 15 is 0 Å². The number of nitrogens with one attached hydrogen (secondary N) is 1. The van der Waals surface area contributed by atoms with Crippen molar-refractivity contribution in [3.8, 4) is 11.5 Å². The number of carbonyl (C=O) groups excluding carboxylic acids is 2. The van der Waals surface area contributed by atoms with E-state index in [1.807, 2.05) is 66.4 Å². The molecule has 1 aromatic heterocycles. The number of rotatable bonds is 10. The maximum atomic E-state index is 12.7. The molecule has 0 saturated carbocycles. The van der Waals surface area contributed by atoms with Gasteiger partial charge in [-0.2, -0.15) is 0 Å². The van der Waals surface area contributed by atoms with Gasteiger partial charge in [-0.15, -0.1) is 0 Å². The van der Waals surface area contributed by atoms with Crippen molar-refractivity contribution in [3.63, 3.8) is 0 Å². The molecule has 1 saturated heterocycles. The van der Waals surface area contributed by atoms with E-state index in [1.165, 1.54) is 0 Å². The molecular formula is C28H32N4O4. The molecule has 36 heavy (non-hydrogen) atoms. The van der Waals surface area contributed by atoms with E-state index in [-0.39, 0.29) is 11.8 Å². The summed E-state index contributed by atoms with van der Waals surface area (Å²) in [6.07, 6.45) is 2.82. The van der Waals surface area contributed by atoms with Crippen molar-refractivity contribution in [2.45, 2.75) is 19.8 Å². The number of carbonyl (C=O) groups is 2. The van der Waals surface area contributed by atoms with Crippen molar-refractivity contribution in [2.24, 2.45) is 0 Å².